The Hall–Kier alpha value is -2.26. The van der Waals surface area contributed by atoms with Gasteiger partial charge in [0, 0.05) is 0 Å². The van der Waals surface area contributed by atoms with Crippen molar-refractivity contribution in [1.29, 1.82) is 0 Å². The molecule has 1 aromatic carbocycles. The number of benzene rings is 1. The van der Waals surface area contributed by atoms with Crippen LogP contribution in [0.2, 0.25) is 0 Å². The van der Waals surface area contributed by atoms with E-state index in [2.05, 4.69) is 0 Å². The molecule has 0 saturated carbocycles. The van der Waals surface area contributed by atoms with Crippen molar-refractivity contribution >= 4 is 11.8 Å². The fourth-order valence-electron chi connectivity index (χ4n) is 1.35. The quantitative estimate of drug-likeness (QED) is 0.650. The van der Waals surface area contributed by atoms with Crippen LogP contribution in [0.5, 0.6) is 0 Å². The molecule has 0 unspecified atom stereocenters. The SMILES string of the molecule is O=C(CC(F)(F)F)NNC(=O)c1ccccc1C(F)(F)F. The van der Waals surface area contributed by atoms with Gasteiger partial charge in [0.2, 0.25) is 5.91 Å². The van der Waals surface area contributed by atoms with Crippen LogP contribution in [0.15, 0.2) is 24.3 Å². The van der Waals surface area contributed by atoms with Crippen LogP contribution in [-0.2, 0) is 11.0 Å². The number of halogens is 6. The standard InChI is InChI=1S/C11H8F6N2O2/c12-10(13,14)5-8(20)18-19-9(21)6-3-1-2-4-7(6)11(15,16)17/h1-4H,5H2,(H,18,20)(H,19,21). The van der Waals surface area contributed by atoms with Crippen LogP contribution in [0, 0.1) is 0 Å². The topological polar surface area (TPSA) is 58.2 Å². The molecule has 0 aromatic heterocycles. The van der Waals surface area contributed by atoms with E-state index in [-0.39, 0.29) is 0 Å². The maximum atomic E-state index is 12.6. The van der Waals surface area contributed by atoms with Gasteiger partial charge in [0.1, 0.15) is 6.42 Å². The van der Waals surface area contributed by atoms with Crippen LogP contribution < -0.4 is 10.9 Å². The summed E-state index contributed by atoms with van der Waals surface area (Å²) in [5, 5.41) is 0. The molecule has 0 atom stereocenters. The highest BCUT2D eigenvalue weighted by Crippen LogP contribution is 2.31. The van der Waals surface area contributed by atoms with E-state index in [4.69, 9.17) is 0 Å². The number of nitrogens with one attached hydrogen (secondary N) is 2. The van der Waals surface area contributed by atoms with Gasteiger partial charge in [-0.25, -0.2) is 0 Å². The fraction of sp³-hybridized carbons (Fsp3) is 0.273. The summed E-state index contributed by atoms with van der Waals surface area (Å²) in [6.07, 6.45) is -11.5. The summed E-state index contributed by atoms with van der Waals surface area (Å²) in [6, 6.07) is 3.64. The minimum Gasteiger partial charge on any atom is -0.273 e. The van der Waals surface area contributed by atoms with Gasteiger partial charge in [-0.05, 0) is 12.1 Å². The number of carbonyl (C=O) groups is 2. The summed E-state index contributed by atoms with van der Waals surface area (Å²) in [6.45, 7) is 0. The van der Waals surface area contributed by atoms with E-state index in [0.717, 1.165) is 18.2 Å². The summed E-state index contributed by atoms with van der Waals surface area (Å²) in [5.41, 5.74) is 0.793. The van der Waals surface area contributed by atoms with Crippen LogP contribution in [-0.4, -0.2) is 18.0 Å². The first-order valence-electron chi connectivity index (χ1n) is 5.33. The maximum absolute atomic E-state index is 12.6. The minimum absolute atomic E-state index is 0.631. The molecular formula is C11H8F6N2O2. The zero-order valence-electron chi connectivity index (χ0n) is 10.1. The van der Waals surface area contributed by atoms with Crippen LogP contribution in [0.25, 0.3) is 0 Å². The van der Waals surface area contributed by atoms with Crippen molar-refractivity contribution in [2.75, 3.05) is 0 Å². The average molecular weight is 314 g/mol. The number of alkyl halides is 6. The molecular weight excluding hydrogens is 306 g/mol. The van der Waals surface area contributed by atoms with Crippen LogP contribution >= 0.6 is 0 Å². The number of carbonyl (C=O) groups excluding carboxylic acids is 2. The van der Waals surface area contributed by atoms with Gasteiger partial charge in [0.15, 0.2) is 0 Å². The third-order valence-electron chi connectivity index (χ3n) is 2.15. The molecule has 10 heteroatoms. The second-order valence-corrected chi connectivity index (χ2v) is 3.84. The van der Waals surface area contributed by atoms with Gasteiger partial charge >= 0.3 is 12.4 Å². The molecule has 0 bridgehead atoms. The number of rotatable bonds is 2. The first-order chi connectivity index (χ1) is 9.50. The Balaban J connectivity index is 2.76. The zero-order chi connectivity index (χ0) is 16.3. The summed E-state index contributed by atoms with van der Waals surface area (Å²) in [4.78, 5) is 22.3. The molecule has 0 spiro atoms. The lowest BCUT2D eigenvalue weighted by Gasteiger charge is -2.13. The molecule has 4 nitrogen and oxygen atoms in total. The Morgan fingerprint density at radius 1 is 0.952 bits per heavy atom. The number of amides is 2. The van der Waals surface area contributed by atoms with Crippen LogP contribution in [0.1, 0.15) is 22.3 Å². The third kappa shape index (κ3) is 5.32. The molecule has 21 heavy (non-hydrogen) atoms. The lowest BCUT2D eigenvalue weighted by molar-refractivity contribution is -0.154. The van der Waals surface area contributed by atoms with Crippen molar-refractivity contribution in [3.63, 3.8) is 0 Å². The van der Waals surface area contributed by atoms with Crippen LogP contribution in [0.4, 0.5) is 26.3 Å². The Kier molecular flexibility index (Phi) is 4.81. The van der Waals surface area contributed by atoms with E-state index in [9.17, 15) is 35.9 Å². The number of hydrazine groups is 1. The van der Waals surface area contributed by atoms with Gasteiger partial charge in [-0.15, -0.1) is 0 Å². The second-order valence-electron chi connectivity index (χ2n) is 3.84. The van der Waals surface area contributed by atoms with Crippen molar-refractivity contribution in [3.05, 3.63) is 35.4 Å². The van der Waals surface area contributed by atoms with Gasteiger partial charge < -0.3 is 0 Å². The molecule has 1 aromatic rings. The van der Waals surface area contributed by atoms with Crippen molar-refractivity contribution in [2.45, 2.75) is 18.8 Å². The van der Waals surface area contributed by atoms with Crippen LogP contribution in [0.3, 0.4) is 0 Å². The van der Waals surface area contributed by atoms with E-state index in [0.29, 0.717) is 6.07 Å². The highest BCUT2D eigenvalue weighted by atomic mass is 19.4. The smallest absolute Gasteiger partial charge is 0.273 e. The molecule has 0 fully saturated rings. The molecule has 2 amide bonds. The highest BCUT2D eigenvalue weighted by molar-refractivity contribution is 5.96. The molecule has 2 N–H and O–H groups in total. The van der Waals surface area contributed by atoms with Gasteiger partial charge in [-0.3, -0.25) is 20.4 Å². The predicted molar refractivity (Wildman–Crippen MR) is 57.7 cm³/mol. The van der Waals surface area contributed by atoms with E-state index >= 15 is 0 Å². The molecule has 0 heterocycles. The second kappa shape index (κ2) is 6.02. The Morgan fingerprint density at radius 2 is 1.52 bits per heavy atom. The molecule has 0 aliphatic carbocycles. The van der Waals surface area contributed by atoms with Crippen molar-refractivity contribution in [2.24, 2.45) is 0 Å². The molecule has 0 aliphatic rings. The van der Waals surface area contributed by atoms with E-state index in [1.54, 1.807) is 0 Å². The monoisotopic (exact) mass is 314 g/mol. The molecule has 0 saturated heterocycles. The number of hydrogen-bond donors (Lipinski definition) is 2. The third-order valence-corrected chi connectivity index (χ3v) is 2.15. The molecule has 0 radical (unpaired) electrons. The zero-order valence-corrected chi connectivity index (χ0v) is 10.1. The van der Waals surface area contributed by atoms with Crippen molar-refractivity contribution in [1.82, 2.24) is 10.9 Å². The van der Waals surface area contributed by atoms with Gasteiger partial charge in [-0.2, -0.15) is 26.3 Å². The average Bonchev–Trinajstić information content (AvgIpc) is 2.33. The predicted octanol–water partition coefficient (Wildman–Crippen LogP) is 2.42. The summed E-state index contributed by atoms with van der Waals surface area (Å²) in [7, 11) is 0. The number of hydrogen-bond acceptors (Lipinski definition) is 2. The van der Waals surface area contributed by atoms with Crippen molar-refractivity contribution in [3.8, 4) is 0 Å². The fourth-order valence-corrected chi connectivity index (χ4v) is 1.35. The summed E-state index contributed by atoms with van der Waals surface area (Å²) in [5.74, 6) is -2.97. The van der Waals surface area contributed by atoms with Crippen molar-refractivity contribution < 1.29 is 35.9 Å². The lowest BCUT2D eigenvalue weighted by Crippen LogP contribution is -2.43. The normalized spacial score (nSPS) is 11.9. The molecule has 1 rings (SSSR count). The Bertz CT molecular complexity index is 538. The Morgan fingerprint density at radius 3 is 2.05 bits per heavy atom. The Labute approximate surface area is 114 Å². The van der Waals surface area contributed by atoms with Gasteiger partial charge in [0.05, 0.1) is 11.1 Å². The highest BCUT2D eigenvalue weighted by Gasteiger charge is 2.35. The van der Waals surface area contributed by atoms with Gasteiger partial charge in [0.25, 0.3) is 5.91 Å². The van der Waals surface area contributed by atoms with Gasteiger partial charge in [-0.1, -0.05) is 12.1 Å². The summed E-state index contributed by atoms with van der Waals surface area (Å²) < 4.78 is 73.4. The maximum Gasteiger partial charge on any atom is 0.417 e. The first-order valence-corrected chi connectivity index (χ1v) is 5.33. The van der Waals surface area contributed by atoms with E-state index in [1.165, 1.54) is 10.9 Å². The van der Waals surface area contributed by atoms with E-state index in [1.807, 2.05) is 0 Å². The molecule has 0 aliphatic heterocycles. The molecule has 116 valence electrons. The summed E-state index contributed by atoms with van der Waals surface area (Å²) >= 11 is 0. The first kappa shape index (κ1) is 16.8. The largest absolute Gasteiger partial charge is 0.417 e. The lowest BCUT2D eigenvalue weighted by atomic mass is 10.1. The van der Waals surface area contributed by atoms with E-state index < -0.39 is 41.7 Å². The minimum atomic E-state index is -4.82.